The zero-order valence-electron chi connectivity index (χ0n) is 13.3. The zero-order chi connectivity index (χ0) is 16.0. The van der Waals surface area contributed by atoms with Crippen LogP contribution in [0.15, 0.2) is 60.7 Å². The number of hydrogen-bond donors (Lipinski definition) is 1. The van der Waals surface area contributed by atoms with Gasteiger partial charge in [-0.05, 0) is 44.6 Å². The Labute approximate surface area is 132 Å². The van der Waals surface area contributed by atoms with E-state index in [9.17, 15) is 4.79 Å². The van der Waals surface area contributed by atoms with Crippen molar-refractivity contribution in [3.63, 3.8) is 0 Å². The van der Waals surface area contributed by atoms with E-state index < -0.39 is 5.41 Å². The molecule has 0 saturated heterocycles. The maximum absolute atomic E-state index is 12.5. The SMILES string of the molecule is CN(C)CCCC(C(N)=O)(c1ccccc1)c1ccccc1. The molecule has 0 aromatic heterocycles. The van der Waals surface area contributed by atoms with Gasteiger partial charge in [0.15, 0.2) is 0 Å². The van der Waals surface area contributed by atoms with E-state index in [1.165, 1.54) is 0 Å². The largest absolute Gasteiger partial charge is 0.369 e. The molecule has 0 unspecified atom stereocenters. The molecule has 0 radical (unpaired) electrons. The molecule has 0 bridgehead atoms. The van der Waals surface area contributed by atoms with Crippen molar-refractivity contribution in [1.82, 2.24) is 4.90 Å². The van der Waals surface area contributed by atoms with Gasteiger partial charge in [-0.25, -0.2) is 0 Å². The van der Waals surface area contributed by atoms with Crippen LogP contribution in [0.4, 0.5) is 0 Å². The van der Waals surface area contributed by atoms with E-state index in [4.69, 9.17) is 5.73 Å². The molecule has 2 rings (SSSR count). The summed E-state index contributed by atoms with van der Waals surface area (Å²) >= 11 is 0. The average molecular weight is 296 g/mol. The van der Waals surface area contributed by atoms with Crippen LogP contribution in [0.1, 0.15) is 24.0 Å². The summed E-state index contributed by atoms with van der Waals surface area (Å²) in [7, 11) is 4.08. The summed E-state index contributed by atoms with van der Waals surface area (Å²) in [4.78, 5) is 14.6. The lowest BCUT2D eigenvalue weighted by atomic mass is 9.70. The Balaban J connectivity index is 2.48. The summed E-state index contributed by atoms with van der Waals surface area (Å²) in [6, 6.07) is 19.7. The molecule has 2 aromatic rings. The molecule has 22 heavy (non-hydrogen) atoms. The number of hydrogen-bond acceptors (Lipinski definition) is 2. The third-order valence-electron chi connectivity index (χ3n) is 4.11. The molecule has 0 spiro atoms. The van der Waals surface area contributed by atoms with E-state index in [0.29, 0.717) is 6.42 Å². The quantitative estimate of drug-likeness (QED) is 0.854. The second-order valence-electron chi connectivity index (χ2n) is 5.91. The lowest BCUT2D eigenvalue weighted by molar-refractivity contribution is -0.122. The number of nitrogens with two attached hydrogens (primary N) is 1. The van der Waals surface area contributed by atoms with Gasteiger partial charge in [-0.2, -0.15) is 0 Å². The number of rotatable bonds is 7. The minimum Gasteiger partial charge on any atom is -0.369 e. The highest BCUT2D eigenvalue weighted by Crippen LogP contribution is 2.36. The predicted molar refractivity (Wildman–Crippen MR) is 90.6 cm³/mol. The van der Waals surface area contributed by atoms with Crippen LogP contribution in [0.25, 0.3) is 0 Å². The molecule has 3 heteroatoms. The summed E-state index contributed by atoms with van der Waals surface area (Å²) in [5.74, 6) is -0.288. The van der Waals surface area contributed by atoms with Crippen molar-refractivity contribution in [3.8, 4) is 0 Å². The first-order valence-electron chi connectivity index (χ1n) is 7.63. The fraction of sp³-hybridized carbons (Fsp3) is 0.316. The van der Waals surface area contributed by atoms with Crippen LogP contribution in [0.5, 0.6) is 0 Å². The second kappa shape index (κ2) is 7.23. The highest BCUT2D eigenvalue weighted by molar-refractivity contribution is 5.90. The monoisotopic (exact) mass is 296 g/mol. The second-order valence-corrected chi connectivity index (χ2v) is 5.91. The zero-order valence-corrected chi connectivity index (χ0v) is 13.3. The normalized spacial score (nSPS) is 11.6. The molecule has 0 aliphatic rings. The first-order chi connectivity index (χ1) is 10.6. The lowest BCUT2D eigenvalue weighted by Crippen LogP contribution is -2.42. The number of nitrogens with zero attached hydrogens (tertiary/aromatic N) is 1. The minimum atomic E-state index is -0.765. The van der Waals surface area contributed by atoms with E-state index in [2.05, 4.69) is 4.90 Å². The van der Waals surface area contributed by atoms with E-state index in [-0.39, 0.29) is 5.91 Å². The van der Waals surface area contributed by atoms with Gasteiger partial charge in [-0.1, -0.05) is 60.7 Å². The van der Waals surface area contributed by atoms with E-state index in [0.717, 1.165) is 24.1 Å². The van der Waals surface area contributed by atoms with Gasteiger partial charge in [-0.15, -0.1) is 0 Å². The summed E-state index contributed by atoms with van der Waals surface area (Å²) in [6.07, 6.45) is 1.61. The highest BCUT2D eigenvalue weighted by atomic mass is 16.1. The van der Waals surface area contributed by atoms with Gasteiger partial charge in [0, 0.05) is 0 Å². The fourth-order valence-electron chi connectivity index (χ4n) is 2.97. The van der Waals surface area contributed by atoms with Crippen molar-refractivity contribution >= 4 is 5.91 Å². The molecule has 0 aliphatic carbocycles. The molecule has 2 aromatic carbocycles. The van der Waals surface area contributed by atoms with Crippen molar-refractivity contribution in [2.45, 2.75) is 18.3 Å². The molecule has 3 nitrogen and oxygen atoms in total. The lowest BCUT2D eigenvalue weighted by Gasteiger charge is -2.32. The third-order valence-corrected chi connectivity index (χ3v) is 4.11. The topological polar surface area (TPSA) is 46.3 Å². The smallest absolute Gasteiger partial charge is 0.232 e. The number of benzene rings is 2. The maximum atomic E-state index is 12.5. The van der Waals surface area contributed by atoms with Gasteiger partial charge in [0.05, 0.1) is 5.41 Å². The van der Waals surface area contributed by atoms with E-state index in [1.54, 1.807) is 0 Å². The Bertz CT molecular complexity index is 554. The summed E-state index contributed by atoms with van der Waals surface area (Å²) in [6.45, 7) is 0.925. The Hall–Kier alpha value is -2.13. The summed E-state index contributed by atoms with van der Waals surface area (Å²) in [5.41, 5.74) is 7.07. The van der Waals surface area contributed by atoms with Gasteiger partial charge in [0.25, 0.3) is 0 Å². The van der Waals surface area contributed by atoms with Crippen LogP contribution >= 0.6 is 0 Å². The van der Waals surface area contributed by atoms with Crippen molar-refractivity contribution in [2.75, 3.05) is 20.6 Å². The van der Waals surface area contributed by atoms with Gasteiger partial charge in [0.1, 0.15) is 0 Å². The standard InChI is InChI=1S/C19H24N2O/c1-21(2)15-9-14-19(18(20)22,16-10-5-3-6-11-16)17-12-7-4-8-13-17/h3-8,10-13H,9,14-15H2,1-2H3,(H2,20,22). The first-order valence-corrected chi connectivity index (χ1v) is 7.63. The number of primary amides is 1. The van der Waals surface area contributed by atoms with Gasteiger partial charge >= 0.3 is 0 Å². The molecule has 0 fully saturated rings. The van der Waals surface area contributed by atoms with Gasteiger partial charge in [-0.3, -0.25) is 4.79 Å². The van der Waals surface area contributed by atoms with E-state index >= 15 is 0 Å². The van der Waals surface area contributed by atoms with Crippen molar-refractivity contribution in [2.24, 2.45) is 5.73 Å². The van der Waals surface area contributed by atoms with Crippen LogP contribution in [-0.4, -0.2) is 31.4 Å². The summed E-state index contributed by atoms with van der Waals surface area (Å²) in [5, 5.41) is 0. The Morgan fingerprint density at radius 2 is 1.41 bits per heavy atom. The molecule has 0 aliphatic heterocycles. The van der Waals surface area contributed by atoms with Gasteiger partial charge in [0.2, 0.25) is 5.91 Å². The molecule has 0 atom stereocenters. The number of amides is 1. The van der Waals surface area contributed by atoms with Crippen LogP contribution < -0.4 is 5.73 Å². The molecular formula is C19H24N2O. The van der Waals surface area contributed by atoms with Crippen LogP contribution in [0.3, 0.4) is 0 Å². The predicted octanol–water partition coefficient (Wildman–Crippen LogP) is 2.80. The Morgan fingerprint density at radius 3 is 1.77 bits per heavy atom. The number of carbonyl (C=O) groups is 1. The van der Waals surface area contributed by atoms with Crippen molar-refractivity contribution in [1.29, 1.82) is 0 Å². The molecule has 1 amide bonds. The minimum absolute atomic E-state index is 0.288. The fourth-order valence-corrected chi connectivity index (χ4v) is 2.97. The third kappa shape index (κ3) is 3.37. The average Bonchev–Trinajstić information content (AvgIpc) is 2.53. The molecule has 0 heterocycles. The summed E-state index contributed by atoms with van der Waals surface area (Å²) < 4.78 is 0. The van der Waals surface area contributed by atoms with Crippen LogP contribution in [0.2, 0.25) is 0 Å². The highest BCUT2D eigenvalue weighted by Gasteiger charge is 2.39. The first kappa shape index (κ1) is 16.2. The van der Waals surface area contributed by atoms with E-state index in [1.807, 2.05) is 74.8 Å². The van der Waals surface area contributed by atoms with Gasteiger partial charge < -0.3 is 10.6 Å². The Morgan fingerprint density at radius 1 is 0.955 bits per heavy atom. The Kier molecular flexibility index (Phi) is 5.34. The van der Waals surface area contributed by atoms with Crippen molar-refractivity contribution < 1.29 is 4.79 Å². The number of carbonyl (C=O) groups excluding carboxylic acids is 1. The maximum Gasteiger partial charge on any atom is 0.232 e. The van der Waals surface area contributed by atoms with Crippen LogP contribution in [0, 0.1) is 0 Å². The molecule has 2 N–H and O–H groups in total. The van der Waals surface area contributed by atoms with Crippen LogP contribution in [-0.2, 0) is 10.2 Å². The van der Waals surface area contributed by atoms with Crippen molar-refractivity contribution in [3.05, 3.63) is 71.8 Å². The molecule has 0 saturated carbocycles. The molecular weight excluding hydrogens is 272 g/mol. The molecule has 116 valence electrons.